The summed E-state index contributed by atoms with van der Waals surface area (Å²) in [6, 6.07) is 31.8. The van der Waals surface area contributed by atoms with Gasteiger partial charge in [0.25, 0.3) is 0 Å². The van der Waals surface area contributed by atoms with Crippen LogP contribution in [0, 0.1) is 0 Å². The molecule has 0 aliphatic carbocycles. The first-order valence-electron chi connectivity index (χ1n) is 11.8. The fraction of sp³-hybridized carbons (Fsp3) is 0.125. The summed E-state index contributed by atoms with van der Waals surface area (Å²) >= 11 is 0. The van der Waals surface area contributed by atoms with Crippen molar-refractivity contribution in [2.45, 2.75) is 26.2 Å². The third-order valence-electron chi connectivity index (χ3n) is 6.19. The molecule has 5 aromatic carbocycles. The maximum Gasteiger partial charge on any atom is 0.343 e. The van der Waals surface area contributed by atoms with Gasteiger partial charge in [0.05, 0.1) is 11.1 Å². The second-order valence-electron chi connectivity index (χ2n) is 9.81. The number of ether oxygens (including phenoxy) is 2. The largest absolute Gasteiger partial charge is 0.419 e. The lowest BCUT2D eigenvalue weighted by Crippen LogP contribution is -2.15. The molecule has 0 fully saturated rings. The normalized spacial score (nSPS) is 11.4. The van der Waals surface area contributed by atoms with E-state index in [1.165, 1.54) is 0 Å². The van der Waals surface area contributed by atoms with E-state index in [1.807, 2.05) is 66.7 Å². The molecule has 0 saturated carbocycles. The molecule has 178 valence electrons. The summed E-state index contributed by atoms with van der Waals surface area (Å²) in [5.41, 5.74) is 1.60. The molecule has 36 heavy (non-hydrogen) atoms. The Balaban J connectivity index is 1.46. The number of rotatable bonds is 4. The second-order valence-corrected chi connectivity index (χ2v) is 9.81. The van der Waals surface area contributed by atoms with E-state index in [-0.39, 0.29) is 16.9 Å². The van der Waals surface area contributed by atoms with Crippen LogP contribution in [0.5, 0.6) is 11.5 Å². The van der Waals surface area contributed by atoms with Crippen molar-refractivity contribution in [3.8, 4) is 11.5 Å². The molecule has 4 heteroatoms. The number of hydrogen-bond donors (Lipinski definition) is 0. The summed E-state index contributed by atoms with van der Waals surface area (Å²) < 4.78 is 11.5. The second kappa shape index (κ2) is 9.31. The van der Waals surface area contributed by atoms with Crippen molar-refractivity contribution in [2.24, 2.45) is 0 Å². The Morgan fingerprint density at radius 1 is 0.528 bits per heavy atom. The minimum Gasteiger partial charge on any atom is -0.419 e. The molecule has 0 aliphatic heterocycles. The van der Waals surface area contributed by atoms with Gasteiger partial charge in [-0.1, -0.05) is 87.5 Å². The topological polar surface area (TPSA) is 52.6 Å². The lowest BCUT2D eigenvalue weighted by molar-refractivity contribution is 0.0682. The molecular weight excluding hydrogens is 448 g/mol. The molecule has 0 bridgehead atoms. The van der Waals surface area contributed by atoms with Gasteiger partial charge in [0.2, 0.25) is 0 Å². The van der Waals surface area contributed by atoms with Crippen LogP contribution in [0.4, 0.5) is 0 Å². The Kier molecular flexibility index (Phi) is 6.03. The fourth-order valence-corrected chi connectivity index (χ4v) is 4.09. The van der Waals surface area contributed by atoms with E-state index in [4.69, 9.17) is 9.47 Å². The molecule has 0 aromatic heterocycles. The average molecular weight is 475 g/mol. The predicted octanol–water partition coefficient (Wildman–Crippen LogP) is 7.73. The van der Waals surface area contributed by atoms with Crippen LogP contribution < -0.4 is 9.47 Å². The zero-order valence-electron chi connectivity index (χ0n) is 20.4. The molecule has 0 aliphatic rings. The molecule has 0 saturated heterocycles. The Morgan fingerprint density at radius 3 is 1.50 bits per heavy atom. The standard InChI is InChI=1S/C32H26O4/c1-32(2,3)27-16-17-28(35-30(33)25-14-12-21-8-4-6-10-23(21)18-25)29(20-27)36-31(34)26-15-13-22-9-5-7-11-24(22)19-26/h4-20H,1-3H3. The minimum absolute atomic E-state index is 0.189. The zero-order valence-corrected chi connectivity index (χ0v) is 20.4. The van der Waals surface area contributed by atoms with Gasteiger partial charge in [-0.2, -0.15) is 0 Å². The monoisotopic (exact) mass is 474 g/mol. The Bertz CT molecular complexity index is 1610. The molecule has 4 nitrogen and oxygen atoms in total. The van der Waals surface area contributed by atoms with E-state index in [1.54, 1.807) is 36.4 Å². The van der Waals surface area contributed by atoms with Crippen LogP contribution in [0.2, 0.25) is 0 Å². The number of hydrogen-bond acceptors (Lipinski definition) is 4. The number of fused-ring (bicyclic) bond motifs is 2. The van der Waals surface area contributed by atoms with E-state index in [0.717, 1.165) is 27.1 Å². The molecule has 0 unspecified atom stereocenters. The summed E-state index contributed by atoms with van der Waals surface area (Å²) in [6.07, 6.45) is 0. The molecule has 5 rings (SSSR count). The average Bonchev–Trinajstić information content (AvgIpc) is 2.88. The van der Waals surface area contributed by atoms with Crippen molar-refractivity contribution in [1.82, 2.24) is 0 Å². The predicted molar refractivity (Wildman–Crippen MR) is 143 cm³/mol. The van der Waals surface area contributed by atoms with Gasteiger partial charge in [0.15, 0.2) is 11.5 Å². The molecule has 0 radical (unpaired) electrons. The van der Waals surface area contributed by atoms with Gasteiger partial charge >= 0.3 is 11.9 Å². The van der Waals surface area contributed by atoms with Crippen molar-refractivity contribution in [1.29, 1.82) is 0 Å². The number of carbonyl (C=O) groups excluding carboxylic acids is 2. The van der Waals surface area contributed by atoms with Gasteiger partial charge in [-0.25, -0.2) is 9.59 Å². The van der Waals surface area contributed by atoms with Gasteiger partial charge in [0.1, 0.15) is 0 Å². The van der Waals surface area contributed by atoms with Crippen molar-refractivity contribution in [2.75, 3.05) is 0 Å². The smallest absolute Gasteiger partial charge is 0.343 e. The summed E-state index contributed by atoms with van der Waals surface area (Å²) in [7, 11) is 0. The molecule has 0 N–H and O–H groups in total. The quantitative estimate of drug-likeness (QED) is 0.198. The highest BCUT2D eigenvalue weighted by atomic mass is 16.6. The third kappa shape index (κ3) is 4.84. The molecule has 0 heterocycles. The van der Waals surface area contributed by atoms with Gasteiger partial charge in [-0.15, -0.1) is 0 Å². The third-order valence-corrected chi connectivity index (χ3v) is 6.19. The van der Waals surface area contributed by atoms with Gasteiger partial charge in [-0.3, -0.25) is 0 Å². The van der Waals surface area contributed by atoms with E-state index in [2.05, 4.69) is 20.8 Å². The SMILES string of the molecule is CC(C)(C)c1ccc(OC(=O)c2ccc3ccccc3c2)c(OC(=O)c2ccc3ccccc3c2)c1. The first-order chi connectivity index (χ1) is 17.3. The highest BCUT2D eigenvalue weighted by molar-refractivity contribution is 5.98. The maximum absolute atomic E-state index is 13.1. The lowest BCUT2D eigenvalue weighted by Gasteiger charge is -2.21. The summed E-state index contributed by atoms with van der Waals surface area (Å²) in [4.78, 5) is 26.1. The molecule has 0 amide bonds. The van der Waals surface area contributed by atoms with Crippen LogP contribution in [-0.2, 0) is 5.41 Å². The minimum atomic E-state index is -0.521. The molecule has 0 atom stereocenters. The molecule has 0 spiro atoms. The first kappa shape index (κ1) is 23.3. The summed E-state index contributed by atoms with van der Waals surface area (Å²) in [6.45, 7) is 6.20. The Hall–Kier alpha value is -4.44. The number of carbonyl (C=O) groups is 2. The Morgan fingerprint density at radius 2 is 1.00 bits per heavy atom. The van der Waals surface area contributed by atoms with Crippen LogP contribution >= 0.6 is 0 Å². The van der Waals surface area contributed by atoms with Crippen molar-refractivity contribution >= 4 is 33.5 Å². The van der Waals surface area contributed by atoms with Crippen LogP contribution in [0.25, 0.3) is 21.5 Å². The summed E-state index contributed by atoms with van der Waals surface area (Å²) in [5.74, 6) is -0.646. The van der Waals surface area contributed by atoms with Crippen LogP contribution in [0.3, 0.4) is 0 Å². The van der Waals surface area contributed by atoms with Crippen LogP contribution in [0.1, 0.15) is 47.1 Å². The van der Waals surface area contributed by atoms with Crippen molar-refractivity contribution < 1.29 is 19.1 Å². The van der Waals surface area contributed by atoms with Gasteiger partial charge in [0, 0.05) is 0 Å². The molecule has 5 aromatic rings. The highest BCUT2D eigenvalue weighted by Gasteiger charge is 2.21. The van der Waals surface area contributed by atoms with Gasteiger partial charge in [-0.05, 0) is 68.9 Å². The highest BCUT2D eigenvalue weighted by Crippen LogP contribution is 2.35. The first-order valence-corrected chi connectivity index (χ1v) is 11.8. The van der Waals surface area contributed by atoms with E-state index in [0.29, 0.717) is 11.1 Å². The lowest BCUT2D eigenvalue weighted by atomic mass is 9.87. The number of benzene rings is 5. The van der Waals surface area contributed by atoms with Crippen LogP contribution in [-0.4, -0.2) is 11.9 Å². The zero-order chi connectivity index (χ0) is 25.3. The number of esters is 2. The summed E-state index contributed by atoms with van der Waals surface area (Å²) in [5, 5.41) is 3.96. The Labute approximate surface area is 210 Å². The molecular formula is C32H26O4. The van der Waals surface area contributed by atoms with Crippen LogP contribution in [0.15, 0.2) is 103 Å². The fourth-order valence-electron chi connectivity index (χ4n) is 4.09. The van der Waals surface area contributed by atoms with Gasteiger partial charge < -0.3 is 9.47 Å². The van der Waals surface area contributed by atoms with E-state index >= 15 is 0 Å². The van der Waals surface area contributed by atoms with Crippen molar-refractivity contribution in [3.63, 3.8) is 0 Å². The van der Waals surface area contributed by atoms with E-state index in [9.17, 15) is 9.59 Å². The van der Waals surface area contributed by atoms with E-state index < -0.39 is 11.9 Å². The van der Waals surface area contributed by atoms with Crippen molar-refractivity contribution in [3.05, 3.63) is 120 Å². The maximum atomic E-state index is 13.1.